The van der Waals surface area contributed by atoms with E-state index < -0.39 is 0 Å². The third kappa shape index (κ3) is 2.59. The van der Waals surface area contributed by atoms with E-state index in [2.05, 4.69) is 4.84 Å². The van der Waals surface area contributed by atoms with Crippen molar-refractivity contribution in [1.29, 1.82) is 0 Å². The molecule has 0 radical (unpaired) electrons. The van der Waals surface area contributed by atoms with Gasteiger partial charge in [-0.05, 0) is 6.42 Å². The molecule has 0 saturated heterocycles. The molecule has 0 aromatic heterocycles. The van der Waals surface area contributed by atoms with Gasteiger partial charge in [0.05, 0.1) is 7.11 Å². The van der Waals surface area contributed by atoms with Gasteiger partial charge in [0.1, 0.15) is 0 Å². The van der Waals surface area contributed by atoms with E-state index in [-0.39, 0.29) is 5.91 Å². The highest BCUT2D eigenvalue weighted by atomic mass is 16.7. The molecule has 0 rings (SSSR count). The van der Waals surface area contributed by atoms with Crippen LogP contribution in [-0.4, -0.2) is 24.5 Å². The number of carbonyl (C=O) groups excluding carboxylic acids is 2. The quantitative estimate of drug-likeness (QED) is 0.423. The first-order valence-corrected chi connectivity index (χ1v) is 3.07. The van der Waals surface area contributed by atoms with Crippen LogP contribution in [0, 0.1) is 0 Å². The summed E-state index contributed by atoms with van der Waals surface area (Å²) < 4.78 is 0. The lowest BCUT2D eigenvalue weighted by Gasteiger charge is -2.09. The highest BCUT2D eigenvalue weighted by Crippen LogP contribution is 1.93. The highest BCUT2D eigenvalue weighted by Gasteiger charge is 2.08. The minimum atomic E-state index is -0.306. The van der Waals surface area contributed by atoms with Crippen molar-refractivity contribution in [3.05, 3.63) is 0 Å². The largest absolute Gasteiger partial charge is 0.276 e. The summed E-state index contributed by atoms with van der Waals surface area (Å²) in [5, 5.41) is 0.684. The van der Waals surface area contributed by atoms with Gasteiger partial charge in [0, 0.05) is 6.42 Å². The van der Waals surface area contributed by atoms with Gasteiger partial charge in [-0.2, -0.15) is 5.06 Å². The molecule has 0 aliphatic carbocycles. The Labute approximate surface area is 59.7 Å². The molecule has 0 bridgehead atoms. The van der Waals surface area contributed by atoms with Crippen molar-refractivity contribution in [2.75, 3.05) is 7.11 Å². The second-order valence-corrected chi connectivity index (χ2v) is 1.76. The topological polar surface area (TPSA) is 46.6 Å². The Hall–Kier alpha value is -0.900. The molecule has 0 aromatic carbocycles. The lowest BCUT2D eigenvalue weighted by molar-refractivity contribution is -0.178. The van der Waals surface area contributed by atoms with Crippen LogP contribution >= 0.6 is 0 Å². The minimum Gasteiger partial charge on any atom is -0.276 e. The molecule has 0 fully saturated rings. The number of amides is 2. The predicted octanol–water partition coefficient (Wildman–Crippen LogP) is 0.333. The maximum atomic E-state index is 10.8. The van der Waals surface area contributed by atoms with Crippen LogP contribution in [0.15, 0.2) is 0 Å². The Balaban J connectivity index is 3.76. The normalized spacial score (nSPS) is 9.00. The van der Waals surface area contributed by atoms with Crippen molar-refractivity contribution in [3.63, 3.8) is 0 Å². The lowest BCUT2D eigenvalue weighted by Crippen LogP contribution is -2.27. The molecule has 0 N–H and O–H groups in total. The van der Waals surface area contributed by atoms with Gasteiger partial charge in [-0.25, -0.2) is 0 Å². The van der Waals surface area contributed by atoms with Crippen LogP contribution in [-0.2, 0) is 14.4 Å². The fourth-order valence-corrected chi connectivity index (χ4v) is 0.528. The molecule has 0 unspecified atom stereocenters. The van der Waals surface area contributed by atoms with Gasteiger partial charge >= 0.3 is 0 Å². The number of hydroxylamine groups is 2. The van der Waals surface area contributed by atoms with E-state index in [4.69, 9.17) is 0 Å². The van der Waals surface area contributed by atoms with Crippen molar-refractivity contribution in [2.45, 2.75) is 19.8 Å². The first-order valence-electron chi connectivity index (χ1n) is 3.07. The summed E-state index contributed by atoms with van der Waals surface area (Å²) in [5.74, 6) is -0.306. The first kappa shape index (κ1) is 9.10. The SMILES string of the molecule is CCCC(=O)N(C=O)OC. The van der Waals surface area contributed by atoms with Crippen LogP contribution in [0.2, 0.25) is 0 Å². The number of imide groups is 1. The van der Waals surface area contributed by atoms with Gasteiger partial charge in [0.2, 0.25) is 6.41 Å². The third-order valence-electron chi connectivity index (χ3n) is 1.00. The summed E-state index contributed by atoms with van der Waals surface area (Å²) in [5.41, 5.74) is 0. The fraction of sp³-hybridized carbons (Fsp3) is 0.667. The molecule has 0 aromatic rings. The van der Waals surface area contributed by atoms with E-state index in [0.717, 1.165) is 0 Å². The Kier molecular flexibility index (Phi) is 4.49. The average molecular weight is 145 g/mol. The maximum Gasteiger partial charge on any atom is 0.253 e. The number of carbonyl (C=O) groups is 2. The Morgan fingerprint density at radius 3 is 2.60 bits per heavy atom. The van der Waals surface area contributed by atoms with Gasteiger partial charge in [-0.3, -0.25) is 14.4 Å². The molecular formula is C6H11NO3. The summed E-state index contributed by atoms with van der Waals surface area (Å²) in [6.45, 7) is 1.86. The van der Waals surface area contributed by atoms with Crippen molar-refractivity contribution in [2.24, 2.45) is 0 Å². The van der Waals surface area contributed by atoms with E-state index in [1.165, 1.54) is 7.11 Å². The molecule has 58 valence electrons. The van der Waals surface area contributed by atoms with Gasteiger partial charge in [-0.1, -0.05) is 6.92 Å². The van der Waals surface area contributed by atoms with Crippen molar-refractivity contribution in [3.8, 4) is 0 Å². The summed E-state index contributed by atoms with van der Waals surface area (Å²) >= 11 is 0. The predicted molar refractivity (Wildman–Crippen MR) is 34.8 cm³/mol. The molecule has 10 heavy (non-hydrogen) atoms. The summed E-state index contributed by atoms with van der Waals surface area (Å²) in [6.07, 6.45) is 1.41. The average Bonchev–Trinajstić information content (AvgIpc) is 1.91. The standard InChI is InChI=1S/C6H11NO3/c1-3-4-6(9)7(5-8)10-2/h5H,3-4H2,1-2H3. The van der Waals surface area contributed by atoms with E-state index in [9.17, 15) is 9.59 Å². The van der Waals surface area contributed by atoms with Crippen molar-refractivity contribution >= 4 is 12.3 Å². The molecular weight excluding hydrogens is 134 g/mol. The monoisotopic (exact) mass is 145 g/mol. The van der Waals surface area contributed by atoms with Crippen LogP contribution in [0.3, 0.4) is 0 Å². The van der Waals surface area contributed by atoms with E-state index >= 15 is 0 Å². The molecule has 0 atom stereocenters. The summed E-state index contributed by atoms with van der Waals surface area (Å²) in [6, 6.07) is 0. The van der Waals surface area contributed by atoms with E-state index in [0.29, 0.717) is 24.3 Å². The molecule has 4 nitrogen and oxygen atoms in total. The zero-order valence-electron chi connectivity index (χ0n) is 6.16. The second kappa shape index (κ2) is 4.93. The molecule has 0 saturated carbocycles. The fourth-order valence-electron chi connectivity index (χ4n) is 0.528. The molecule has 0 aliphatic heterocycles. The maximum absolute atomic E-state index is 10.8. The number of hydrogen-bond acceptors (Lipinski definition) is 3. The van der Waals surface area contributed by atoms with Crippen molar-refractivity contribution in [1.82, 2.24) is 5.06 Å². The molecule has 0 spiro atoms. The highest BCUT2D eigenvalue weighted by molar-refractivity contribution is 5.84. The zero-order valence-corrected chi connectivity index (χ0v) is 6.16. The second-order valence-electron chi connectivity index (χ2n) is 1.76. The van der Waals surface area contributed by atoms with Gasteiger partial charge in [-0.15, -0.1) is 0 Å². The number of rotatable bonds is 4. The molecule has 0 heterocycles. The van der Waals surface area contributed by atoms with Gasteiger partial charge in [0.15, 0.2) is 0 Å². The van der Waals surface area contributed by atoms with Crippen LogP contribution in [0.5, 0.6) is 0 Å². The van der Waals surface area contributed by atoms with Crippen LogP contribution < -0.4 is 0 Å². The zero-order chi connectivity index (χ0) is 7.98. The molecule has 2 amide bonds. The third-order valence-corrected chi connectivity index (χ3v) is 1.00. The van der Waals surface area contributed by atoms with Gasteiger partial charge < -0.3 is 0 Å². The Bertz CT molecular complexity index is 124. The first-order chi connectivity index (χ1) is 4.76. The Morgan fingerprint density at radius 1 is 1.70 bits per heavy atom. The minimum absolute atomic E-state index is 0.306. The summed E-state index contributed by atoms with van der Waals surface area (Å²) in [7, 11) is 1.28. The Morgan fingerprint density at radius 2 is 2.30 bits per heavy atom. The van der Waals surface area contributed by atoms with Crippen molar-refractivity contribution < 1.29 is 14.4 Å². The number of nitrogens with zero attached hydrogens (tertiary/aromatic N) is 1. The number of hydrogen-bond donors (Lipinski definition) is 0. The van der Waals surface area contributed by atoms with Gasteiger partial charge in [0.25, 0.3) is 5.91 Å². The van der Waals surface area contributed by atoms with Crippen LogP contribution in [0.25, 0.3) is 0 Å². The molecule has 4 heteroatoms. The van der Waals surface area contributed by atoms with Crippen LogP contribution in [0.4, 0.5) is 0 Å². The lowest BCUT2D eigenvalue weighted by atomic mass is 10.3. The van der Waals surface area contributed by atoms with E-state index in [1.54, 1.807) is 0 Å². The van der Waals surface area contributed by atoms with E-state index in [1.807, 2.05) is 6.92 Å². The molecule has 0 aliphatic rings. The van der Waals surface area contributed by atoms with Crippen LogP contribution in [0.1, 0.15) is 19.8 Å². The summed E-state index contributed by atoms with van der Waals surface area (Å²) in [4.78, 5) is 25.2. The smallest absolute Gasteiger partial charge is 0.253 e.